The van der Waals surface area contributed by atoms with Gasteiger partial charge in [-0.1, -0.05) is 30.3 Å². The van der Waals surface area contributed by atoms with Crippen LogP contribution in [0.25, 0.3) is 0 Å². The first-order chi connectivity index (χ1) is 14.7. The van der Waals surface area contributed by atoms with Crippen molar-refractivity contribution in [3.63, 3.8) is 0 Å². The molecule has 2 rings (SSSR count). The molecular weight excluding hydrogens is 410 g/mol. The van der Waals surface area contributed by atoms with Crippen LogP contribution in [0.3, 0.4) is 0 Å². The number of amides is 3. The molecule has 0 spiro atoms. The topological polar surface area (TPSA) is 61.9 Å². The third-order valence-electron chi connectivity index (χ3n) is 4.58. The largest absolute Gasteiger partial charge is 0.385 e. The maximum Gasteiger partial charge on any atom is 0.318 e. The third kappa shape index (κ3) is 9.11. The van der Waals surface area contributed by atoms with Crippen LogP contribution in [0.5, 0.6) is 0 Å². The minimum Gasteiger partial charge on any atom is -0.385 e. The van der Waals surface area contributed by atoms with Crippen molar-refractivity contribution < 1.29 is 14.3 Å². The van der Waals surface area contributed by atoms with Gasteiger partial charge >= 0.3 is 6.03 Å². The van der Waals surface area contributed by atoms with Crippen LogP contribution in [-0.4, -0.2) is 54.1 Å². The molecule has 0 bridgehead atoms. The van der Waals surface area contributed by atoms with Crippen molar-refractivity contribution in [1.82, 2.24) is 15.1 Å². The quantitative estimate of drug-likeness (QED) is 0.550. The Morgan fingerprint density at radius 3 is 2.32 bits per heavy atom. The number of nitrogens with zero attached hydrogens (tertiary/aromatic N) is 2. The smallest absolute Gasteiger partial charge is 0.318 e. The fraction of sp³-hybridized carbons (Fsp3) is 0.500. The molecule has 0 aliphatic carbocycles. The molecule has 6 nitrogen and oxygen atoms in total. The molecule has 0 aliphatic rings. The van der Waals surface area contributed by atoms with Gasteiger partial charge in [0, 0.05) is 42.1 Å². The predicted molar refractivity (Wildman–Crippen MR) is 126 cm³/mol. The molecule has 170 valence electrons. The van der Waals surface area contributed by atoms with Gasteiger partial charge in [-0.15, -0.1) is 11.3 Å². The summed E-state index contributed by atoms with van der Waals surface area (Å²) in [5.74, 6) is -0.0728. The predicted octanol–water partition coefficient (Wildman–Crippen LogP) is 4.43. The summed E-state index contributed by atoms with van der Waals surface area (Å²) < 4.78 is 5.13. The van der Waals surface area contributed by atoms with Crippen molar-refractivity contribution in [3.05, 3.63) is 57.8 Å². The van der Waals surface area contributed by atoms with Crippen molar-refractivity contribution in [1.29, 1.82) is 0 Å². The van der Waals surface area contributed by atoms with E-state index in [0.717, 1.165) is 10.4 Å². The number of aryl methyl sites for hydroxylation is 1. The standard InChI is InChI=1S/C24H35N3O3S/c1-19-12-13-21(31-19)17-27(16-20-10-7-6-8-11-20)22(28)18-26(14-9-15-30-5)23(29)25-24(2,3)4/h6-8,10-13H,9,14-18H2,1-5H3,(H,25,29). The average molecular weight is 446 g/mol. The summed E-state index contributed by atoms with van der Waals surface area (Å²) in [6, 6.07) is 13.8. The van der Waals surface area contributed by atoms with Crippen molar-refractivity contribution >= 4 is 23.3 Å². The summed E-state index contributed by atoms with van der Waals surface area (Å²) in [5.41, 5.74) is 0.687. The van der Waals surface area contributed by atoms with E-state index in [0.29, 0.717) is 32.7 Å². The summed E-state index contributed by atoms with van der Waals surface area (Å²) in [6.07, 6.45) is 0.671. The molecule has 0 atom stereocenters. The number of urea groups is 1. The fourth-order valence-electron chi connectivity index (χ4n) is 3.11. The van der Waals surface area contributed by atoms with E-state index in [4.69, 9.17) is 4.74 Å². The molecule has 0 aliphatic heterocycles. The molecule has 0 unspecified atom stereocenters. The lowest BCUT2D eigenvalue weighted by Crippen LogP contribution is -2.51. The molecule has 2 aromatic rings. The molecule has 7 heteroatoms. The first kappa shape index (κ1) is 24.9. The summed E-state index contributed by atoms with van der Waals surface area (Å²) in [5, 5.41) is 2.97. The van der Waals surface area contributed by atoms with Crippen LogP contribution < -0.4 is 5.32 Å². The number of ether oxygens (including phenoxy) is 1. The highest BCUT2D eigenvalue weighted by Gasteiger charge is 2.24. The van der Waals surface area contributed by atoms with Crippen LogP contribution in [0.1, 0.15) is 42.5 Å². The Hall–Kier alpha value is -2.38. The molecule has 0 radical (unpaired) electrons. The second-order valence-corrected chi connectivity index (χ2v) is 10.1. The van der Waals surface area contributed by atoms with E-state index < -0.39 is 0 Å². The Bertz CT molecular complexity index is 830. The number of benzene rings is 1. The van der Waals surface area contributed by atoms with Gasteiger partial charge in [0.1, 0.15) is 6.54 Å². The minimum absolute atomic E-state index is 0.0306. The molecule has 1 aromatic carbocycles. The maximum absolute atomic E-state index is 13.3. The lowest BCUT2D eigenvalue weighted by atomic mass is 10.1. The molecule has 31 heavy (non-hydrogen) atoms. The molecule has 1 N–H and O–H groups in total. The van der Waals surface area contributed by atoms with Crippen molar-refractivity contribution in [2.45, 2.75) is 52.7 Å². The Morgan fingerprint density at radius 1 is 1.03 bits per heavy atom. The maximum atomic E-state index is 13.3. The molecule has 3 amide bonds. The van der Waals surface area contributed by atoms with E-state index in [1.54, 1.807) is 23.3 Å². The number of hydrogen-bond donors (Lipinski definition) is 1. The first-order valence-corrected chi connectivity index (χ1v) is 11.4. The zero-order chi connectivity index (χ0) is 22.9. The summed E-state index contributed by atoms with van der Waals surface area (Å²) in [7, 11) is 1.63. The molecule has 1 heterocycles. The summed E-state index contributed by atoms with van der Waals surface area (Å²) in [6.45, 7) is 9.91. The fourth-order valence-corrected chi connectivity index (χ4v) is 4.02. The number of carbonyl (C=O) groups is 2. The van der Waals surface area contributed by atoms with Gasteiger partial charge in [-0.3, -0.25) is 4.79 Å². The highest BCUT2D eigenvalue weighted by Crippen LogP contribution is 2.19. The molecule has 0 saturated heterocycles. The van der Waals surface area contributed by atoms with E-state index in [9.17, 15) is 9.59 Å². The van der Waals surface area contributed by atoms with E-state index in [1.165, 1.54) is 4.88 Å². The van der Waals surface area contributed by atoms with Crippen molar-refractivity contribution in [2.75, 3.05) is 26.8 Å². The first-order valence-electron chi connectivity index (χ1n) is 10.6. The van der Waals surface area contributed by atoms with E-state index in [2.05, 4.69) is 24.4 Å². The second-order valence-electron chi connectivity index (χ2n) is 8.70. The van der Waals surface area contributed by atoms with Gasteiger partial charge in [-0.05, 0) is 51.8 Å². The summed E-state index contributed by atoms with van der Waals surface area (Å²) >= 11 is 1.69. The molecule has 0 fully saturated rings. The van der Waals surface area contributed by atoms with Gasteiger partial charge < -0.3 is 19.9 Å². The van der Waals surface area contributed by atoms with E-state index >= 15 is 0 Å². The Morgan fingerprint density at radius 2 is 1.74 bits per heavy atom. The van der Waals surface area contributed by atoms with Crippen LogP contribution in [0, 0.1) is 6.92 Å². The lowest BCUT2D eigenvalue weighted by molar-refractivity contribution is -0.133. The van der Waals surface area contributed by atoms with E-state index in [1.807, 2.05) is 56.0 Å². The molecular formula is C24H35N3O3S. The van der Waals surface area contributed by atoms with Gasteiger partial charge in [0.05, 0.1) is 6.54 Å². The zero-order valence-corrected chi connectivity index (χ0v) is 20.1. The monoisotopic (exact) mass is 445 g/mol. The highest BCUT2D eigenvalue weighted by atomic mass is 32.1. The van der Waals surface area contributed by atoms with Crippen molar-refractivity contribution in [3.8, 4) is 0 Å². The normalized spacial score (nSPS) is 11.3. The Labute approximate surface area is 190 Å². The number of rotatable bonds is 10. The molecule has 1 aromatic heterocycles. The van der Waals surface area contributed by atoms with Crippen LogP contribution in [-0.2, 0) is 22.6 Å². The van der Waals surface area contributed by atoms with Gasteiger partial charge in [0.2, 0.25) is 5.91 Å². The van der Waals surface area contributed by atoms with Gasteiger partial charge in [0.25, 0.3) is 0 Å². The van der Waals surface area contributed by atoms with Crippen LogP contribution >= 0.6 is 11.3 Å². The number of thiophene rings is 1. The third-order valence-corrected chi connectivity index (χ3v) is 5.57. The number of methoxy groups -OCH3 is 1. The van der Waals surface area contributed by atoms with Crippen LogP contribution in [0.4, 0.5) is 4.79 Å². The average Bonchev–Trinajstić information content (AvgIpc) is 3.11. The van der Waals surface area contributed by atoms with Gasteiger partial charge in [-0.2, -0.15) is 0 Å². The van der Waals surface area contributed by atoms with Crippen molar-refractivity contribution in [2.24, 2.45) is 0 Å². The Kier molecular flexibility index (Phi) is 9.52. The SMILES string of the molecule is COCCCN(CC(=O)N(Cc1ccccc1)Cc1ccc(C)s1)C(=O)NC(C)(C)C. The highest BCUT2D eigenvalue weighted by molar-refractivity contribution is 7.11. The Balaban J connectivity index is 2.16. The lowest BCUT2D eigenvalue weighted by Gasteiger charge is -2.30. The molecule has 0 saturated carbocycles. The van der Waals surface area contributed by atoms with E-state index in [-0.39, 0.29) is 24.0 Å². The number of nitrogens with one attached hydrogen (secondary N) is 1. The minimum atomic E-state index is -0.377. The summed E-state index contributed by atoms with van der Waals surface area (Å²) in [4.78, 5) is 31.9. The van der Waals surface area contributed by atoms with Crippen LogP contribution in [0.15, 0.2) is 42.5 Å². The zero-order valence-electron chi connectivity index (χ0n) is 19.3. The van der Waals surface area contributed by atoms with Crippen LogP contribution in [0.2, 0.25) is 0 Å². The van der Waals surface area contributed by atoms with Gasteiger partial charge in [0.15, 0.2) is 0 Å². The number of carbonyl (C=O) groups excluding carboxylic acids is 2. The van der Waals surface area contributed by atoms with Gasteiger partial charge in [-0.25, -0.2) is 4.79 Å². The second kappa shape index (κ2) is 11.9. The number of hydrogen-bond acceptors (Lipinski definition) is 4.